The van der Waals surface area contributed by atoms with Gasteiger partial charge in [-0.1, -0.05) is 88.8 Å². The maximum Gasteiger partial charge on any atom is 0.414 e. The van der Waals surface area contributed by atoms with Gasteiger partial charge in [-0.05, 0) is 143 Å². The molecule has 0 heterocycles. The van der Waals surface area contributed by atoms with Gasteiger partial charge in [0.2, 0.25) is 0 Å². The summed E-state index contributed by atoms with van der Waals surface area (Å²) in [5.74, 6) is 1.72. The number of carbonyl (C=O) groups is 9. The van der Waals surface area contributed by atoms with Crippen LogP contribution in [0.5, 0.6) is 69.0 Å². The topological polar surface area (TPSA) is 346 Å². The van der Waals surface area contributed by atoms with Crippen LogP contribution in [-0.4, -0.2) is 211 Å². The molecule has 0 atom stereocenters. The molecule has 0 saturated carbocycles. The van der Waals surface area contributed by atoms with Gasteiger partial charge in [0.1, 0.15) is 13.2 Å². The number of methoxy groups -OCH3 is 6. The predicted octanol–water partition coefficient (Wildman–Crippen LogP) is 10.9. The van der Waals surface area contributed by atoms with Gasteiger partial charge in [0.25, 0.3) is 0 Å². The summed E-state index contributed by atoms with van der Waals surface area (Å²) < 4.78 is 57.7. The standard InChI is InChI=1S/2C26H29NO8.C24H25NO7.C2H5BrO/c2*1-27(2)26(31)35-23-12-8-19(16-25(23)33-4)6-10-21(30)17-20(29)9-5-18-7-11-22(34-14-13-28)24(15-18)32-3;1-25(2)24(29)32-21-12-8-17(14-23(21)31-4)6-10-19(27)15-18(26)9-5-16-7-11-20(28)22(13-16)30-3;3-1-2-4/h2*5-12,15-16,28H,13-14,17H2,1-4H3;5-14,28H,15H2,1-4H3;4H,1-2H2/b3*9-5+,10-6+;. The van der Waals surface area contributed by atoms with E-state index < -0.39 is 18.3 Å². The van der Waals surface area contributed by atoms with Gasteiger partial charge < -0.3 is 87.2 Å². The molecule has 3 amide bonds. The molecule has 0 unspecified atom stereocenters. The van der Waals surface area contributed by atoms with Crippen LogP contribution in [0.3, 0.4) is 0 Å². The van der Waals surface area contributed by atoms with Crippen LogP contribution in [-0.2, 0) is 28.8 Å². The number of aromatic hydroxyl groups is 1. The zero-order valence-electron chi connectivity index (χ0n) is 60.9. The summed E-state index contributed by atoms with van der Waals surface area (Å²) in [5, 5.41) is 35.9. The summed E-state index contributed by atoms with van der Waals surface area (Å²) in [7, 11) is 18.1. The van der Waals surface area contributed by atoms with Gasteiger partial charge in [0.15, 0.2) is 104 Å². The summed E-state index contributed by atoms with van der Waals surface area (Å²) in [4.78, 5) is 112. The Kier molecular flexibility index (Phi) is 40.2. The number of alkyl halides is 1. The number of amides is 3. The molecule has 0 spiro atoms. The van der Waals surface area contributed by atoms with Crippen molar-refractivity contribution in [2.75, 3.05) is 123 Å². The Bertz CT molecular complexity index is 3960. The van der Waals surface area contributed by atoms with Gasteiger partial charge in [-0.15, -0.1) is 0 Å². The van der Waals surface area contributed by atoms with E-state index >= 15 is 0 Å². The number of rotatable bonds is 34. The quantitative estimate of drug-likeness (QED) is 0.0166. The first-order chi connectivity index (χ1) is 50.7. The lowest BCUT2D eigenvalue weighted by Gasteiger charge is -2.13. The minimum Gasteiger partial charge on any atom is -0.504 e. The molecule has 566 valence electrons. The van der Waals surface area contributed by atoms with E-state index in [1.165, 1.54) is 99.9 Å². The van der Waals surface area contributed by atoms with Gasteiger partial charge in [-0.25, -0.2) is 14.4 Å². The Hall–Kier alpha value is -11.9. The van der Waals surface area contributed by atoms with Crippen molar-refractivity contribution in [3.63, 3.8) is 0 Å². The Morgan fingerprint density at radius 3 is 0.736 bits per heavy atom. The molecule has 0 saturated heterocycles. The molecule has 4 N–H and O–H groups in total. The number of benzene rings is 6. The summed E-state index contributed by atoms with van der Waals surface area (Å²) in [5.41, 5.74) is 3.95. The molecule has 0 radical (unpaired) electrons. The predicted molar refractivity (Wildman–Crippen MR) is 403 cm³/mol. The lowest BCUT2D eigenvalue weighted by molar-refractivity contribution is -0.123. The van der Waals surface area contributed by atoms with Gasteiger partial charge in [-0.3, -0.25) is 28.8 Å². The molecule has 6 aromatic rings. The van der Waals surface area contributed by atoms with Crippen LogP contribution in [0, 0.1) is 0 Å². The molecular formula is C78H88BrN3O24. The number of phenols is 1. The first-order valence-electron chi connectivity index (χ1n) is 32.0. The van der Waals surface area contributed by atoms with Gasteiger partial charge in [0, 0.05) is 47.6 Å². The van der Waals surface area contributed by atoms with Gasteiger partial charge in [0.05, 0.1) is 81.7 Å². The van der Waals surface area contributed by atoms with E-state index in [1.54, 1.807) is 182 Å². The number of aliphatic hydroxyl groups is 3. The van der Waals surface area contributed by atoms with Crippen LogP contribution in [0.2, 0.25) is 0 Å². The first kappa shape index (κ1) is 88.4. The van der Waals surface area contributed by atoms with Crippen LogP contribution >= 0.6 is 15.9 Å². The average molecular weight is 1530 g/mol. The fraction of sp³-hybridized carbons (Fsp3) is 0.269. The highest BCUT2D eigenvalue weighted by molar-refractivity contribution is 9.09. The number of hydrogen-bond acceptors (Lipinski definition) is 24. The lowest BCUT2D eigenvalue weighted by atomic mass is 10.1. The van der Waals surface area contributed by atoms with Crippen molar-refractivity contribution in [3.05, 3.63) is 179 Å². The number of aliphatic hydroxyl groups excluding tert-OH is 3. The zero-order chi connectivity index (χ0) is 78.7. The zero-order valence-corrected chi connectivity index (χ0v) is 62.4. The third-order valence-electron chi connectivity index (χ3n) is 13.4. The van der Waals surface area contributed by atoms with E-state index in [4.69, 9.17) is 67.4 Å². The normalized spacial score (nSPS) is 10.8. The van der Waals surface area contributed by atoms with Gasteiger partial charge in [-0.2, -0.15) is 0 Å². The number of carbonyl (C=O) groups excluding carboxylic acids is 9. The van der Waals surface area contributed by atoms with Crippen LogP contribution in [0.1, 0.15) is 52.6 Å². The second-order valence-electron chi connectivity index (χ2n) is 22.2. The monoisotopic (exact) mass is 1530 g/mol. The third-order valence-corrected chi connectivity index (χ3v) is 13.8. The molecule has 27 nitrogen and oxygen atoms in total. The fourth-order valence-corrected chi connectivity index (χ4v) is 8.10. The summed E-state index contributed by atoms with van der Waals surface area (Å²) in [6.45, 7) is 0.278. The van der Waals surface area contributed by atoms with Crippen molar-refractivity contribution in [1.29, 1.82) is 0 Å². The van der Waals surface area contributed by atoms with Crippen molar-refractivity contribution in [1.82, 2.24) is 14.7 Å². The molecule has 28 heteroatoms. The Morgan fingerprint density at radius 1 is 0.321 bits per heavy atom. The van der Waals surface area contributed by atoms with E-state index in [0.717, 1.165) is 0 Å². The van der Waals surface area contributed by atoms with Crippen molar-refractivity contribution in [2.45, 2.75) is 19.3 Å². The molecular weight excluding hydrogens is 1440 g/mol. The number of hydrogen-bond donors (Lipinski definition) is 4. The summed E-state index contributed by atoms with van der Waals surface area (Å²) in [6, 6.07) is 29.3. The SMILES string of the molecule is COc1cc(/C=C/C(=O)CC(=O)/C=C/c2ccc(OC(=O)N(C)C)c(OC)c2)ccc1O.COc1cc(/C=C/C(=O)CC(=O)/C=C/c2ccc(OC(=O)N(C)C)c(OC)c2)ccc1OCCO.COc1cc(/C=C/C(=O)CC(=O)/C=C/c2ccc(OC(=O)N(C)C)c(OC)c2)ccc1OCCO.OCCBr. The second-order valence-corrected chi connectivity index (χ2v) is 22.9. The largest absolute Gasteiger partial charge is 0.504 e. The Balaban J connectivity index is 0.000000402. The summed E-state index contributed by atoms with van der Waals surface area (Å²) >= 11 is 3.00. The van der Waals surface area contributed by atoms with E-state index in [9.17, 15) is 48.3 Å². The Morgan fingerprint density at radius 2 is 0.528 bits per heavy atom. The van der Waals surface area contributed by atoms with Crippen LogP contribution in [0.25, 0.3) is 36.5 Å². The number of halogens is 1. The molecule has 106 heavy (non-hydrogen) atoms. The molecule has 0 fully saturated rings. The average Bonchev–Trinajstić information content (AvgIpc) is 0.885. The molecule has 0 aromatic heterocycles. The number of ketones is 6. The molecule has 6 rings (SSSR count). The first-order valence-corrected chi connectivity index (χ1v) is 33.2. The summed E-state index contributed by atoms with van der Waals surface area (Å²) in [6.07, 6.45) is 14.7. The van der Waals surface area contributed by atoms with E-state index in [2.05, 4.69) is 15.9 Å². The number of nitrogens with zero attached hydrogens (tertiary/aromatic N) is 3. The van der Waals surface area contributed by atoms with E-state index in [0.29, 0.717) is 79.0 Å². The highest BCUT2D eigenvalue weighted by Crippen LogP contribution is 2.34. The maximum absolute atomic E-state index is 12.2. The van der Waals surface area contributed by atoms with Crippen molar-refractivity contribution >= 4 is 105 Å². The van der Waals surface area contributed by atoms with E-state index in [1.807, 2.05) is 0 Å². The fourth-order valence-electron chi connectivity index (χ4n) is 8.10. The van der Waals surface area contributed by atoms with Crippen molar-refractivity contribution in [3.8, 4) is 69.0 Å². The lowest BCUT2D eigenvalue weighted by Crippen LogP contribution is -2.25. The minimum atomic E-state index is -0.544. The van der Waals surface area contributed by atoms with Crippen molar-refractivity contribution < 1.29 is 116 Å². The number of allylic oxidation sites excluding steroid dienone is 6. The smallest absolute Gasteiger partial charge is 0.414 e. The third kappa shape index (κ3) is 32.6. The highest BCUT2D eigenvalue weighted by Gasteiger charge is 2.17. The molecule has 0 aliphatic carbocycles. The highest BCUT2D eigenvalue weighted by atomic mass is 79.9. The minimum absolute atomic E-state index is 0.00295. The maximum atomic E-state index is 12.2. The number of ether oxygens (including phenoxy) is 11. The number of phenolic OH excluding ortho intramolecular Hbond substituents is 1. The molecule has 0 aliphatic rings. The Labute approximate surface area is 623 Å². The van der Waals surface area contributed by atoms with Crippen LogP contribution in [0.15, 0.2) is 146 Å². The van der Waals surface area contributed by atoms with Crippen molar-refractivity contribution in [2.24, 2.45) is 0 Å². The second kappa shape index (κ2) is 48.2. The van der Waals surface area contributed by atoms with Crippen LogP contribution < -0.4 is 52.1 Å². The van der Waals surface area contributed by atoms with E-state index in [-0.39, 0.29) is 116 Å². The molecule has 0 bridgehead atoms. The van der Waals surface area contributed by atoms with Gasteiger partial charge >= 0.3 is 18.3 Å². The van der Waals surface area contributed by atoms with Crippen LogP contribution in [0.4, 0.5) is 14.4 Å². The molecule has 6 aromatic carbocycles. The molecule has 0 aliphatic heterocycles.